The molecule has 3 fully saturated rings. The highest BCUT2D eigenvalue weighted by atomic mass is 35.5. The van der Waals surface area contributed by atoms with Gasteiger partial charge in [-0.25, -0.2) is 4.39 Å². The van der Waals surface area contributed by atoms with Crippen LogP contribution in [-0.2, 0) is 13.6 Å². The smallest absolute Gasteiger partial charge is 0.273 e. The number of halogens is 2. The van der Waals surface area contributed by atoms with E-state index in [4.69, 9.17) is 11.6 Å². The summed E-state index contributed by atoms with van der Waals surface area (Å²) in [6.45, 7) is 5.13. The second-order valence-corrected chi connectivity index (χ2v) is 8.12. The molecule has 3 saturated heterocycles. The largest absolute Gasteiger partial charge is 0.333 e. The molecule has 4 heterocycles. The number of aromatic nitrogens is 2. The number of rotatable bonds is 3. The minimum Gasteiger partial charge on any atom is -0.333 e. The molecule has 5 nitrogen and oxygen atoms in total. The van der Waals surface area contributed by atoms with Gasteiger partial charge in [0, 0.05) is 39.3 Å². The van der Waals surface area contributed by atoms with Crippen molar-refractivity contribution in [3.05, 3.63) is 52.1 Å². The van der Waals surface area contributed by atoms with Crippen molar-refractivity contribution in [3.8, 4) is 0 Å². The van der Waals surface area contributed by atoms with E-state index in [-0.39, 0.29) is 17.8 Å². The quantitative estimate of drug-likeness (QED) is 0.807. The second kappa shape index (κ2) is 7.24. The fraction of sp³-hybridized carbons (Fsp3) is 0.500. The van der Waals surface area contributed by atoms with Gasteiger partial charge in [0.15, 0.2) is 0 Å². The van der Waals surface area contributed by atoms with E-state index in [9.17, 15) is 9.18 Å². The molecule has 0 aliphatic carbocycles. The molecular weight excluding hydrogens is 367 g/mol. The molecule has 0 N–H and O–H groups in total. The first kappa shape index (κ1) is 18.4. The number of amides is 1. The van der Waals surface area contributed by atoms with Crippen LogP contribution >= 0.6 is 11.6 Å². The van der Waals surface area contributed by atoms with Gasteiger partial charge in [-0.05, 0) is 43.4 Å². The SMILES string of the molecule is Cc1nn(C)c(C(=O)N2C[C@@H]3CC[C@H]2CN(Cc2ccc(F)cc2)C3)c1Cl. The summed E-state index contributed by atoms with van der Waals surface area (Å²) in [5, 5.41) is 4.74. The van der Waals surface area contributed by atoms with Gasteiger partial charge < -0.3 is 4.90 Å². The summed E-state index contributed by atoms with van der Waals surface area (Å²) in [6.07, 6.45) is 2.14. The lowest BCUT2D eigenvalue weighted by Gasteiger charge is -2.36. The summed E-state index contributed by atoms with van der Waals surface area (Å²) in [7, 11) is 1.77. The number of piperidine rings is 1. The molecule has 27 heavy (non-hydrogen) atoms. The third kappa shape index (κ3) is 3.60. The first-order valence-corrected chi connectivity index (χ1v) is 9.77. The topological polar surface area (TPSA) is 41.4 Å². The van der Waals surface area contributed by atoms with E-state index >= 15 is 0 Å². The predicted molar refractivity (Wildman–Crippen MR) is 102 cm³/mol. The van der Waals surface area contributed by atoms with Crippen LogP contribution in [0.4, 0.5) is 4.39 Å². The van der Waals surface area contributed by atoms with Crippen LogP contribution in [-0.4, -0.2) is 51.2 Å². The summed E-state index contributed by atoms with van der Waals surface area (Å²) in [6, 6.07) is 6.85. The number of carbonyl (C=O) groups excluding carboxylic acids is 1. The minimum atomic E-state index is -0.213. The van der Waals surface area contributed by atoms with Crippen molar-refractivity contribution in [2.45, 2.75) is 32.4 Å². The van der Waals surface area contributed by atoms with Gasteiger partial charge in [0.05, 0.1) is 10.7 Å². The summed E-state index contributed by atoms with van der Waals surface area (Å²) in [5.74, 6) is 0.206. The third-order valence-electron chi connectivity index (χ3n) is 5.72. The van der Waals surface area contributed by atoms with Crippen LogP contribution in [0.5, 0.6) is 0 Å². The molecule has 7 heteroatoms. The van der Waals surface area contributed by atoms with Crippen molar-refractivity contribution < 1.29 is 9.18 Å². The molecule has 0 spiro atoms. The van der Waals surface area contributed by atoms with Gasteiger partial charge >= 0.3 is 0 Å². The Balaban J connectivity index is 1.52. The fourth-order valence-corrected chi connectivity index (χ4v) is 4.65. The number of carbonyl (C=O) groups is 1. The predicted octanol–water partition coefficient (Wildman–Crippen LogP) is 3.26. The zero-order valence-corrected chi connectivity index (χ0v) is 16.4. The maximum absolute atomic E-state index is 13.2. The van der Waals surface area contributed by atoms with Crippen LogP contribution in [0.15, 0.2) is 24.3 Å². The van der Waals surface area contributed by atoms with Crippen LogP contribution in [0.25, 0.3) is 0 Å². The van der Waals surface area contributed by atoms with E-state index < -0.39 is 0 Å². The number of fused-ring (bicyclic) bond motifs is 4. The lowest BCUT2D eigenvalue weighted by Crippen LogP contribution is -2.47. The molecule has 5 rings (SSSR count). The number of benzene rings is 1. The standard InChI is InChI=1S/C20H24ClFN4O/c1-13-18(21)19(24(2)23-13)20(27)26-11-15-5-8-17(26)12-25(10-15)9-14-3-6-16(22)7-4-14/h3-4,6-7,15,17H,5,8-12H2,1-2H3/t15-,17+/m1/s1. The number of nitrogens with zero attached hydrogens (tertiary/aromatic N) is 4. The second-order valence-electron chi connectivity index (χ2n) is 7.75. The van der Waals surface area contributed by atoms with Crippen molar-refractivity contribution in [3.63, 3.8) is 0 Å². The summed E-state index contributed by atoms with van der Waals surface area (Å²) < 4.78 is 14.7. The Labute approximate surface area is 163 Å². The molecule has 2 bridgehead atoms. The minimum absolute atomic E-state index is 0.0265. The lowest BCUT2D eigenvalue weighted by molar-refractivity contribution is 0.0574. The van der Waals surface area contributed by atoms with Gasteiger partial charge in [-0.15, -0.1) is 0 Å². The van der Waals surface area contributed by atoms with Crippen molar-refractivity contribution in [2.24, 2.45) is 13.0 Å². The first-order valence-electron chi connectivity index (χ1n) is 9.39. The fourth-order valence-electron chi connectivity index (χ4n) is 4.41. The molecule has 0 unspecified atom stereocenters. The molecule has 1 aromatic carbocycles. The molecule has 1 aromatic heterocycles. The van der Waals surface area contributed by atoms with E-state index in [2.05, 4.69) is 10.00 Å². The molecule has 1 amide bonds. The summed E-state index contributed by atoms with van der Waals surface area (Å²) in [5.41, 5.74) is 2.26. The van der Waals surface area contributed by atoms with E-state index in [0.717, 1.165) is 44.6 Å². The molecule has 3 aliphatic rings. The van der Waals surface area contributed by atoms with Crippen LogP contribution in [0.1, 0.15) is 34.6 Å². The Bertz CT molecular complexity index is 850. The van der Waals surface area contributed by atoms with Gasteiger partial charge in [0.1, 0.15) is 11.5 Å². The van der Waals surface area contributed by atoms with Crippen molar-refractivity contribution >= 4 is 17.5 Å². The van der Waals surface area contributed by atoms with Crippen LogP contribution in [0, 0.1) is 18.7 Å². The maximum atomic E-state index is 13.2. The monoisotopic (exact) mass is 390 g/mol. The molecule has 0 saturated carbocycles. The van der Waals surface area contributed by atoms with Gasteiger partial charge in [-0.2, -0.15) is 5.10 Å². The van der Waals surface area contributed by atoms with Crippen LogP contribution < -0.4 is 0 Å². The zero-order valence-electron chi connectivity index (χ0n) is 15.7. The zero-order chi connectivity index (χ0) is 19.1. The molecular formula is C20H24ClFN4O. The van der Waals surface area contributed by atoms with Crippen molar-refractivity contribution in [2.75, 3.05) is 19.6 Å². The Morgan fingerprint density at radius 2 is 1.96 bits per heavy atom. The Morgan fingerprint density at radius 1 is 1.22 bits per heavy atom. The normalized spacial score (nSPS) is 22.9. The number of hydrogen-bond acceptors (Lipinski definition) is 3. The molecule has 0 radical (unpaired) electrons. The van der Waals surface area contributed by atoms with Gasteiger partial charge in [-0.1, -0.05) is 23.7 Å². The molecule has 3 aliphatic heterocycles. The highest BCUT2D eigenvalue weighted by Gasteiger charge is 2.39. The third-order valence-corrected chi connectivity index (χ3v) is 6.17. The molecule has 144 valence electrons. The Morgan fingerprint density at radius 3 is 2.63 bits per heavy atom. The van der Waals surface area contributed by atoms with Crippen molar-refractivity contribution in [1.82, 2.24) is 19.6 Å². The van der Waals surface area contributed by atoms with E-state index in [1.165, 1.54) is 12.1 Å². The van der Waals surface area contributed by atoms with E-state index in [1.807, 2.05) is 24.0 Å². The van der Waals surface area contributed by atoms with Gasteiger partial charge in [0.2, 0.25) is 0 Å². The van der Waals surface area contributed by atoms with Crippen LogP contribution in [0.2, 0.25) is 5.02 Å². The number of hydrogen-bond donors (Lipinski definition) is 0. The average molecular weight is 391 g/mol. The van der Waals surface area contributed by atoms with Crippen molar-refractivity contribution in [1.29, 1.82) is 0 Å². The first-order chi connectivity index (χ1) is 12.9. The molecule has 2 aromatic rings. The highest BCUT2D eigenvalue weighted by molar-refractivity contribution is 6.34. The summed E-state index contributed by atoms with van der Waals surface area (Å²) in [4.78, 5) is 17.6. The Hall–Kier alpha value is -1.92. The lowest BCUT2D eigenvalue weighted by atomic mass is 9.94. The maximum Gasteiger partial charge on any atom is 0.273 e. The van der Waals surface area contributed by atoms with E-state index in [1.54, 1.807) is 11.7 Å². The summed E-state index contributed by atoms with van der Waals surface area (Å²) >= 11 is 6.35. The van der Waals surface area contributed by atoms with Gasteiger partial charge in [-0.3, -0.25) is 14.4 Å². The Kier molecular flexibility index (Phi) is 4.95. The molecule has 2 atom stereocenters. The number of aryl methyl sites for hydroxylation is 2. The van der Waals surface area contributed by atoms with E-state index in [0.29, 0.717) is 22.3 Å². The highest BCUT2D eigenvalue weighted by Crippen LogP contribution is 2.31. The van der Waals surface area contributed by atoms with Crippen LogP contribution in [0.3, 0.4) is 0 Å². The van der Waals surface area contributed by atoms with Gasteiger partial charge in [0.25, 0.3) is 5.91 Å². The average Bonchev–Trinajstić information content (AvgIpc) is 2.81.